The Labute approximate surface area is 119 Å². The average Bonchev–Trinajstić information content (AvgIpc) is 2.42. The van der Waals surface area contributed by atoms with E-state index in [2.05, 4.69) is 0 Å². The van der Waals surface area contributed by atoms with Gasteiger partial charge in [-0.2, -0.15) is 13.2 Å². The van der Waals surface area contributed by atoms with Crippen molar-refractivity contribution in [3.63, 3.8) is 0 Å². The van der Waals surface area contributed by atoms with E-state index in [0.29, 0.717) is 6.61 Å². The smallest absolute Gasteiger partial charge is 0.419 e. The number of benzene rings is 1. The number of ketones is 1. The molecule has 0 bridgehead atoms. The van der Waals surface area contributed by atoms with Crippen LogP contribution in [0.1, 0.15) is 12.0 Å². The lowest BCUT2D eigenvalue weighted by Gasteiger charge is -2.35. The molecule has 2 atom stereocenters. The van der Waals surface area contributed by atoms with Gasteiger partial charge in [-0.3, -0.25) is 4.79 Å². The van der Waals surface area contributed by atoms with E-state index in [1.807, 2.05) is 0 Å². The molecule has 2 unspecified atom stereocenters. The summed E-state index contributed by atoms with van der Waals surface area (Å²) in [5.74, 6) is -0.469. The van der Waals surface area contributed by atoms with Crippen LogP contribution < -0.4 is 4.74 Å². The topological polar surface area (TPSA) is 44.8 Å². The minimum absolute atomic E-state index is 0.0455. The largest absolute Gasteiger partial charge is 0.486 e. The molecule has 2 rings (SSSR count). The van der Waals surface area contributed by atoms with Gasteiger partial charge in [-0.15, -0.1) is 0 Å². The highest BCUT2D eigenvalue weighted by Crippen LogP contribution is 2.37. The molecule has 0 aromatic heterocycles. The van der Waals surface area contributed by atoms with Crippen LogP contribution in [0.25, 0.3) is 0 Å². The van der Waals surface area contributed by atoms with Crippen LogP contribution in [-0.2, 0) is 20.4 Å². The van der Waals surface area contributed by atoms with E-state index in [1.165, 1.54) is 25.3 Å². The van der Waals surface area contributed by atoms with Crippen LogP contribution in [0.15, 0.2) is 24.3 Å². The summed E-state index contributed by atoms with van der Waals surface area (Å²) in [5, 5.41) is 0. The fourth-order valence-electron chi connectivity index (χ4n) is 2.00. The zero-order valence-corrected chi connectivity index (χ0v) is 11.4. The maximum atomic E-state index is 12.8. The quantitative estimate of drug-likeness (QED) is 0.757. The predicted molar refractivity (Wildman–Crippen MR) is 67.1 cm³/mol. The molecular weight excluding hydrogens is 289 g/mol. The summed E-state index contributed by atoms with van der Waals surface area (Å²) in [6.07, 6.45) is -5.99. The molecule has 0 N–H and O–H groups in total. The summed E-state index contributed by atoms with van der Waals surface area (Å²) in [6.45, 7) is 0.489. The van der Waals surface area contributed by atoms with Crippen LogP contribution in [0.3, 0.4) is 0 Å². The Bertz CT molecular complexity index is 501. The number of Topliss-reactive ketones (excluding diaryl/α,β-unsaturated/α-hetero) is 1. The van der Waals surface area contributed by atoms with Crippen molar-refractivity contribution in [2.24, 2.45) is 0 Å². The minimum atomic E-state index is -4.50. The zero-order valence-electron chi connectivity index (χ0n) is 11.4. The van der Waals surface area contributed by atoms with Crippen molar-refractivity contribution in [3.8, 4) is 5.75 Å². The monoisotopic (exact) mass is 304 g/mol. The Morgan fingerprint density at radius 2 is 1.95 bits per heavy atom. The van der Waals surface area contributed by atoms with Gasteiger partial charge in [-0.05, 0) is 12.1 Å². The fourth-order valence-corrected chi connectivity index (χ4v) is 2.00. The summed E-state index contributed by atoms with van der Waals surface area (Å²) >= 11 is 0. The van der Waals surface area contributed by atoms with Gasteiger partial charge in [-0.1, -0.05) is 12.1 Å². The third kappa shape index (κ3) is 3.74. The van der Waals surface area contributed by atoms with Crippen LogP contribution in [0.4, 0.5) is 13.2 Å². The predicted octanol–water partition coefficient (Wildman–Crippen LogP) is 2.46. The van der Waals surface area contributed by atoms with Crippen molar-refractivity contribution in [2.45, 2.75) is 24.8 Å². The molecule has 0 radical (unpaired) electrons. The molecule has 116 valence electrons. The highest BCUT2D eigenvalue weighted by molar-refractivity contribution is 5.90. The number of halogens is 3. The van der Waals surface area contributed by atoms with Gasteiger partial charge < -0.3 is 14.2 Å². The number of rotatable bonds is 6. The molecule has 0 aliphatic heterocycles. The van der Waals surface area contributed by atoms with Crippen LogP contribution in [-0.4, -0.2) is 38.3 Å². The van der Waals surface area contributed by atoms with E-state index in [0.717, 1.165) is 6.07 Å². The summed E-state index contributed by atoms with van der Waals surface area (Å²) in [7, 11) is 1.49. The molecule has 0 heterocycles. The number of alkyl halides is 3. The van der Waals surface area contributed by atoms with Crippen LogP contribution in [0.2, 0.25) is 0 Å². The Kier molecular flexibility index (Phi) is 4.84. The molecule has 1 aromatic carbocycles. The van der Waals surface area contributed by atoms with Gasteiger partial charge in [0.1, 0.15) is 11.9 Å². The molecule has 1 aromatic rings. The normalized spacial score (nSPS) is 22.0. The SMILES string of the molecule is COCCOC1C(=O)CC1Oc1ccccc1C(F)(F)F. The van der Waals surface area contributed by atoms with Gasteiger partial charge in [0.15, 0.2) is 11.9 Å². The van der Waals surface area contributed by atoms with E-state index < -0.39 is 23.9 Å². The number of carbonyl (C=O) groups is 1. The van der Waals surface area contributed by atoms with E-state index in [9.17, 15) is 18.0 Å². The van der Waals surface area contributed by atoms with Gasteiger partial charge in [0, 0.05) is 13.5 Å². The van der Waals surface area contributed by atoms with Crippen LogP contribution >= 0.6 is 0 Å². The Morgan fingerprint density at radius 1 is 1.24 bits per heavy atom. The number of para-hydroxylation sites is 1. The number of hydrogen-bond donors (Lipinski definition) is 0. The highest BCUT2D eigenvalue weighted by Gasteiger charge is 2.44. The average molecular weight is 304 g/mol. The summed E-state index contributed by atoms with van der Waals surface area (Å²) in [6, 6.07) is 4.91. The van der Waals surface area contributed by atoms with Crippen molar-refractivity contribution in [2.75, 3.05) is 20.3 Å². The van der Waals surface area contributed by atoms with Crippen molar-refractivity contribution < 1.29 is 32.2 Å². The first-order chi connectivity index (χ1) is 9.93. The second kappa shape index (κ2) is 6.44. The first-order valence-electron chi connectivity index (χ1n) is 6.39. The van der Waals surface area contributed by atoms with Crippen molar-refractivity contribution >= 4 is 5.78 Å². The second-order valence-corrected chi connectivity index (χ2v) is 4.60. The van der Waals surface area contributed by atoms with Crippen molar-refractivity contribution in [3.05, 3.63) is 29.8 Å². The second-order valence-electron chi connectivity index (χ2n) is 4.60. The van der Waals surface area contributed by atoms with Crippen LogP contribution in [0.5, 0.6) is 5.75 Å². The molecule has 7 heteroatoms. The minimum Gasteiger partial charge on any atom is -0.486 e. The van der Waals surface area contributed by atoms with Gasteiger partial charge in [0.05, 0.1) is 18.8 Å². The van der Waals surface area contributed by atoms with Gasteiger partial charge in [-0.25, -0.2) is 0 Å². The molecule has 1 aliphatic carbocycles. The highest BCUT2D eigenvalue weighted by atomic mass is 19.4. The first-order valence-corrected chi connectivity index (χ1v) is 6.39. The standard InChI is InChI=1S/C14H15F3O4/c1-19-6-7-20-13-10(18)8-12(13)21-11-5-3-2-4-9(11)14(15,16)17/h2-5,12-13H,6-8H2,1H3. The van der Waals surface area contributed by atoms with E-state index in [1.54, 1.807) is 0 Å². The lowest BCUT2D eigenvalue weighted by Crippen LogP contribution is -2.52. The molecule has 1 aliphatic rings. The van der Waals surface area contributed by atoms with Crippen molar-refractivity contribution in [1.29, 1.82) is 0 Å². The molecule has 0 spiro atoms. The van der Waals surface area contributed by atoms with Gasteiger partial charge in [0.2, 0.25) is 0 Å². The number of hydrogen-bond acceptors (Lipinski definition) is 4. The van der Waals surface area contributed by atoms with E-state index >= 15 is 0 Å². The van der Waals surface area contributed by atoms with Gasteiger partial charge >= 0.3 is 6.18 Å². The molecule has 1 fully saturated rings. The summed E-state index contributed by atoms with van der Waals surface area (Å²) in [5.41, 5.74) is -0.861. The molecule has 0 amide bonds. The first kappa shape index (κ1) is 15.8. The third-order valence-electron chi connectivity index (χ3n) is 3.11. The molecule has 4 nitrogen and oxygen atoms in total. The molecule has 0 saturated heterocycles. The Hall–Kier alpha value is -1.60. The Balaban J connectivity index is 2.03. The third-order valence-corrected chi connectivity index (χ3v) is 3.11. The molecular formula is C14H15F3O4. The lowest BCUT2D eigenvalue weighted by atomic mass is 9.90. The maximum Gasteiger partial charge on any atom is 0.419 e. The van der Waals surface area contributed by atoms with E-state index in [-0.39, 0.29) is 24.6 Å². The number of ether oxygens (including phenoxy) is 3. The Morgan fingerprint density at radius 3 is 2.57 bits per heavy atom. The number of methoxy groups -OCH3 is 1. The zero-order chi connectivity index (χ0) is 15.5. The van der Waals surface area contributed by atoms with Gasteiger partial charge in [0.25, 0.3) is 0 Å². The summed E-state index contributed by atoms with van der Waals surface area (Å²) < 4.78 is 53.9. The fraction of sp³-hybridized carbons (Fsp3) is 0.500. The lowest BCUT2D eigenvalue weighted by molar-refractivity contribution is -0.158. The molecule has 21 heavy (non-hydrogen) atoms. The van der Waals surface area contributed by atoms with E-state index in [4.69, 9.17) is 14.2 Å². The van der Waals surface area contributed by atoms with Crippen LogP contribution in [0, 0.1) is 0 Å². The molecule has 1 saturated carbocycles. The van der Waals surface area contributed by atoms with Crippen molar-refractivity contribution in [1.82, 2.24) is 0 Å². The summed E-state index contributed by atoms with van der Waals surface area (Å²) in [4.78, 5) is 11.4. The maximum absolute atomic E-state index is 12.8. The number of carbonyl (C=O) groups excluding carboxylic acids is 1.